The van der Waals surface area contributed by atoms with E-state index in [9.17, 15) is 0 Å². The summed E-state index contributed by atoms with van der Waals surface area (Å²) in [6, 6.07) is 13.4. The lowest BCUT2D eigenvalue weighted by Crippen LogP contribution is -2.32. The quantitative estimate of drug-likeness (QED) is 0.684. The number of ether oxygens (including phenoxy) is 2. The van der Waals surface area contributed by atoms with E-state index in [1.807, 2.05) is 42.6 Å². The van der Waals surface area contributed by atoms with E-state index < -0.39 is 0 Å². The summed E-state index contributed by atoms with van der Waals surface area (Å²) in [7, 11) is 0. The van der Waals surface area contributed by atoms with Crippen molar-refractivity contribution in [1.82, 2.24) is 4.90 Å². The first-order chi connectivity index (χ1) is 13.2. The SMILES string of the molecule is Clc1cccc(-c2ccc(OC[C@H]3N=CC(CN4CCCC4)O3)cc2)c1Cl. The highest BCUT2D eigenvalue weighted by Gasteiger charge is 2.24. The second-order valence-electron chi connectivity index (χ2n) is 6.87. The van der Waals surface area contributed by atoms with Crippen LogP contribution in [0, 0.1) is 0 Å². The van der Waals surface area contributed by atoms with Crippen molar-refractivity contribution < 1.29 is 9.47 Å². The smallest absolute Gasteiger partial charge is 0.182 e. The third-order valence-electron chi connectivity index (χ3n) is 4.90. The van der Waals surface area contributed by atoms with E-state index >= 15 is 0 Å². The number of likely N-dealkylation sites (tertiary alicyclic amines) is 1. The Morgan fingerprint density at radius 2 is 1.85 bits per heavy atom. The van der Waals surface area contributed by atoms with Gasteiger partial charge in [0.1, 0.15) is 18.5 Å². The van der Waals surface area contributed by atoms with E-state index in [4.69, 9.17) is 32.7 Å². The number of benzene rings is 2. The van der Waals surface area contributed by atoms with Gasteiger partial charge >= 0.3 is 0 Å². The zero-order valence-electron chi connectivity index (χ0n) is 15.0. The molecular formula is C21H22Cl2N2O2. The van der Waals surface area contributed by atoms with Gasteiger partial charge in [0.25, 0.3) is 0 Å². The Morgan fingerprint density at radius 1 is 1.07 bits per heavy atom. The van der Waals surface area contributed by atoms with Crippen LogP contribution >= 0.6 is 23.2 Å². The standard InChI is InChI=1S/C21H22Cl2N2O2/c22-19-5-3-4-18(21(19)23)15-6-8-16(9-7-15)26-14-20-24-12-17(27-20)13-25-10-1-2-11-25/h3-9,12,17,20H,1-2,10-11,13-14H2/t17?,20-/m0/s1. The minimum absolute atomic E-state index is 0.0732. The third-order valence-corrected chi connectivity index (χ3v) is 5.72. The van der Waals surface area contributed by atoms with Crippen LogP contribution in [0.4, 0.5) is 0 Å². The molecular weight excluding hydrogens is 383 g/mol. The van der Waals surface area contributed by atoms with Crippen molar-refractivity contribution in [3.8, 4) is 16.9 Å². The molecule has 0 N–H and O–H groups in total. The molecule has 2 atom stereocenters. The fourth-order valence-corrected chi connectivity index (χ4v) is 3.89. The van der Waals surface area contributed by atoms with Gasteiger partial charge in [0.2, 0.25) is 0 Å². The Hall–Kier alpha value is -1.59. The molecule has 0 radical (unpaired) electrons. The largest absolute Gasteiger partial charge is 0.489 e. The molecule has 0 aliphatic carbocycles. The summed E-state index contributed by atoms with van der Waals surface area (Å²) in [5, 5.41) is 1.11. The van der Waals surface area contributed by atoms with E-state index in [-0.39, 0.29) is 12.3 Å². The number of aliphatic imine (C=N–C) groups is 1. The van der Waals surface area contributed by atoms with Gasteiger partial charge in [0, 0.05) is 18.3 Å². The Labute approximate surface area is 169 Å². The van der Waals surface area contributed by atoms with Crippen LogP contribution in [0.3, 0.4) is 0 Å². The Morgan fingerprint density at radius 3 is 2.63 bits per heavy atom. The van der Waals surface area contributed by atoms with Gasteiger partial charge in [-0.05, 0) is 49.7 Å². The second-order valence-corrected chi connectivity index (χ2v) is 7.66. The van der Waals surface area contributed by atoms with Gasteiger partial charge in [-0.15, -0.1) is 0 Å². The lowest BCUT2D eigenvalue weighted by molar-refractivity contribution is 0.00943. The van der Waals surface area contributed by atoms with E-state index in [0.29, 0.717) is 16.7 Å². The summed E-state index contributed by atoms with van der Waals surface area (Å²) in [5.41, 5.74) is 1.90. The number of halogens is 2. The van der Waals surface area contributed by atoms with Crippen LogP contribution in [0.1, 0.15) is 12.8 Å². The van der Waals surface area contributed by atoms with Crippen LogP contribution in [-0.4, -0.2) is 49.7 Å². The minimum atomic E-state index is -0.236. The Bertz CT molecular complexity index is 804. The lowest BCUT2D eigenvalue weighted by Gasteiger charge is -2.19. The van der Waals surface area contributed by atoms with Crippen molar-refractivity contribution in [3.05, 3.63) is 52.5 Å². The molecule has 27 heavy (non-hydrogen) atoms. The molecule has 4 rings (SSSR count). The van der Waals surface area contributed by atoms with Crippen molar-refractivity contribution in [2.75, 3.05) is 26.2 Å². The predicted molar refractivity (Wildman–Crippen MR) is 110 cm³/mol. The minimum Gasteiger partial charge on any atom is -0.489 e. The van der Waals surface area contributed by atoms with Gasteiger partial charge in [0.15, 0.2) is 6.23 Å². The first kappa shape index (κ1) is 18.8. The van der Waals surface area contributed by atoms with Crippen molar-refractivity contribution in [3.63, 3.8) is 0 Å². The first-order valence-electron chi connectivity index (χ1n) is 9.27. The van der Waals surface area contributed by atoms with Crippen molar-refractivity contribution in [2.45, 2.75) is 25.2 Å². The summed E-state index contributed by atoms with van der Waals surface area (Å²) in [6.07, 6.45) is 4.32. The monoisotopic (exact) mass is 404 g/mol. The molecule has 142 valence electrons. The summed E-state index contributed by atoms with van der Waals surface area (Å²) >= 11 is 12.4. The second kappa shape index (κ2) is 8.61. The molecule has 2 aromatic rings. The predicted octanol–water partition coefficient (Wildman–Crippen LogP) is 4.93. The van der Waals surface area contributed by atoms with Crippen molar-refractivity contribution in [2.24, 2.45) is 4.99 Å². The molecule has 1 saturated heterocycles. The molecule has 6 heteroatoms. The van der Waals surface area contributed by atoms with Gasteiger partial charge in [-0.3, -0.25) is 4.99 Å². The topological polar surface area (TPSA) is 34.1 Å². The normalized spacial score (nSPS) is 22.4. The van der Waals surface area contributed by atoms with Gasteiger partial charge in [0.05, 0.1) is 10.0 Å². The zero-order valence-corrected chi connectivity index (χ0v) is 16.5. The Kier molecular flexibility index (Phi) is 5.98. The lowest BCUT2D eigenvalue weighted by atomic mass is 10.1. The van der Waals surface area contributed by atoms with Crippen LogP contribution in [-0.2, 0) is 4.74 Å². The molecule has 0 saturated carbocycles. The average Bonchev–Trinajstić information content (AvgIpc) is 3.35. The summed E-state index contributed by atoms with van der Waals surface area (Å²) in [5.74, 6) is 0.777. The highest BCUT2D eigenvalue weighted by atomic mass is 35.5. The van der Waals surface area contributed by atoms with Crippen LogP contribution < -0.4 is 4.74 Å². The maximum atomic E-state index is 6.29. The van der Waals surface area contributed by atoms with Crippen LogP contribution in [0.2, 0.25) is 10.0 Å². The van der Waals surface area contributed by atoms with Gasteiger partial charge in [-0.2, -0.15) is 0 Å². The molecule has 1 unspecified atom stereocenters. The Balaban J connectivity index is 1.29. The highest BCUT2D eigenvalue weighted by Crippen LogP contribution is 2.34. The van der Waals surface area contributed by atoms with Gasteiger partial charge < -0.3 is 14.4 Å². The first-order valence-corrected chi connectivity index (χ1v) is 10.0. The molecule has 2 heterocycles. The van der Waals surface area contributed by atoms with Crippen molar-refractivity contribution >= 4 is 29.4 Å². The zero-order chi connectivity index (χ0) is 18.6. The fourth-order valence-electron chi connectivity index (χ4n) is 3.48. The number of hydrogen-bond donors (Lipinski definition) is 0. The molecule has 2 aromatic carbocycles. The van der Waals surface area contributed by atoms with E-state index in [1.165, 1.54) is 12.8 Å². The summed E-state index contributed by atoms with van der Waals surface area (Å²) in [4.78, 5) is 6.86. The van der Waals surface area contributed by atoms with Crippen LogP contribution in [0.25, 0.3) is 11.1 Å². The van der Waals surface area contributed by atoms with E-state index in [2.05, 4.69) is 9.89 Å². The average molecular weight is 405 g/mol. The molecule has 0 spiro atoms. The highest BCUT2D eigenvalue weighted by molar-refractivity contribution is 6.43. The van der Waals surface area contributed by atoms with Gasteiger partial charge in [-0.1, -0.05) is 47.5 Å². The molecule has 4 nitrogen and oxygen atoms in total. The van der Waals surface area contributed by atoms with E-state index in [1.54, 1.807) is 6.07 Å². The van der Waals surface area contributed by atoms with Gasteiger partial charge in [-0.25, -0.2) is 0 Å². The number of hydrogen-bond acceptors (Lipinski definition) is 4. The maximum Gasteiger partial charge on any atom is 0.182 e. The van der Waals surface area contributed by atoms with Crippen LogP contribution in [0.15, 0.2) is 47.5 Å². The molecule has 2 aliphatic rings. The van der Waals surface area contributed by atoms with E-state index in [0.717, 1.165) is 36.5 Å². The summed E-state index contributed by atoms with van der Waals surface area (Å²) in [6.45, 7) is 3.66. The fraction of sp³-hybridized carbons (Fsp3) is 0.381. The molecule has 0 amide bonds. The third kappa shape index (κ3) is 4.64. The number of nitrogens with zero attached hydrogens (tertiary/aromatic N) is 2. The molecule has 0 aromatic heterocycles. The maximum absolute atomic E-state index is 6.29. The molecule has 0 bridgehead atoms. The summed E-state index contributed by atoms with van der Waals surface area (Å²) < 4.78 is 11.8. The van der Waals surface area contributed by atoms with Crippen LogP contribution in [0.5, 0.6) is 5.75 Å². The van der Waals surface area contributed by atoms with Crippen molar-refractivity contribution in [1.29, 1.82) is 0 Å². The molecule has 1 fully saturated rings. The number of rotatable bonds is 6. The molecule has 2 aliphatic heterocycles.